The van der Waals surface area contributed by atoms with Crippen LogP contribution in [0.3, 0.4) is 0 Å². The molecule has 0 amide bonds. The highest BCUT2D eigenvalue weighted by Gasteiger charge is 2.29. The van der Waals surface area contributed by atoms with Gasteiger partial charge in [0.15, 0.2) is 11.4 Å². The van der Waals surface area contributed by atoms with Crippen molar-refractivity contribution in [2.24, 2.45) is 5.92 Å². The number of carbonyl (C=O) groups is 1. The van der Waals surface area contributed by atoms with E-state index in [1.165, 1.54) is 6.07 Å². The molecule has 1 unspecified atom stereocenters. The van der Waals surface area contributed by atoms with Gasteiger partial charge in [-0.15, -0.1) is 0 Å². The quantitative estimate of drug-likeness (QED) is 0.292. The second kappa shape index (κ2) is 8.78. The molecule has 162 valence electrons. The average Bonchev–Trinajstić information content (AvgIpc) is 2.70. The Hall–Kier alpha value is -3.38. The molecule has 0 saturated heterocycles. The van der Waals surface area contributed by atoms with Crippen molar-refractivity contribution in [2.45, 2.75) is 39.7 Å². The second-order valence-electron chi connectivity index (χ2n) is 8.19. The molecular formula is C25H26O6. The maximum Gasteiger partial charge on any atom is 0.336 e. The summed E-state index contributed by atoms with van der Waals surface area (Å²) in [5.74, 6) is -1.28. The predicted octanol–water partition coefficient (Wildman–Crippen LogP) is 4.58. The van der Waals surface area contributed by atoms with Crippen molar-refractivity contribution in [3.05, 3.63) is 70.1 Å². The number of phenolic OH excluding ortho intramolecular Hbond substituents is 2. The first-order valence-electron chi connectivity index (χ1n) is 10.1. The van der Waals surface area contributed by atoms with E-state index in [1.807, 2.05) is 19.9 Å². The first-order chi connectivity index (χ1) is 14.6. The normalized spacial score (nSPS) is 12.3. The van der Waals surface area contributed by atoms with E-state index in [-0.39, 0.29) is 46.6 Å². The molecule has 0 bridgehead atoms. The van der Waals surface area contributed by atoms with Gasteiger partial charge in [0.05, 0.1) is 11.5 Å². The first-order valence-corrected chi connectivity index (χ1v) is 10.1. The standard InChI is InChI=1S/C25H26O6/c1-13(2)10-19(27)22-24(30)17(11-18(26)14(3)4)23(29)21-16(12-20(28)31-25(21)22)15-8-6-5-7-9-15/h5-9,12-13,18,26,29-30H,3,10-11H2,1-2,4H3. The van der Waals surface area contributed by atoms with Gasteiger partial charge in [-0.25, -0.2) is 4.79 Å². The van der Waals surface area contributed by atoms with Crippen LogP contribution in [0.2, 0.25) is 0 Å². The van der Waals surface area contributed by atoms with E-state index in [1.54, 1.807) is 31.2 Å². The number of aliphatic hydroxyl groups excluding tert-OH is 1. The molecule has 0 spiro atoms. The van der Waals surface area contributed by atoms with Gasteiger partial charge in [-0.1, -0.05) is 56.3 Å². The van der Waals surface area contributed by atoms with Crippen LogP contribution in [0.15, 0.2) is 57.8 Å². The molecule has 0 aliphatic carbocycles. The zero-order valence-corrected chi connectivity index (χ0v) is 17.8. The van der Waals surface area contributed by atoms with Crippen LogP contribution < -0.4 is 5.63 Å². The average molecular weight is 422 g/mol. The number of fused-ring (bicyclic) bond motifs is 1. The van der Waals surface area contributed by atoms with Gasteiger partial charge in [0.25, 0.3) is 0 Å². The Morgan fingerprint density at radius 3 is 2.35 bits per heavy atom. The molecule has 2 aromatic carbocycles. The van der Waals surface area contributed by atoms with Gasteiger partial charge in [0, 0.05) is 30.0 Å². The number of ketones is 1. The van der Waals surface area contributed by atoms with Crippen molar-refractivity contribution in [3.8, 4) is 22.6 Å². The van der Waals surface area contributed by atoms with E-state index in [0.717, 1.165) is 0 Å². The summed E-state index contributed by atoms with van der Waals surface area (Å²) in [5.41, 5.74) is 0.404. The van der Waals surface area contributed by atoms with Crippen molar-refractivity contribution in [3.63, 3.8) is 0 Å². The molecule has 0 fully saturated rings. The lowest BCUT2D eigenvalue weighted by Gasteiger charge is -2.19. The Kier molecular flexibility index (Phi) is 6.32. The van der Waals surface area contributed by atoms with Crippen LogP contribution in [0, 0.1) is 5.92 Å². The summed E-state index contributed by atoms with van der Waals surface area (Å²) in [6.45, 7) is 9.04. The van der Waals surface area contributed by atoms with Gasteiger partial charge in [0.2, 0.25) is 0 Å². The maximum absolute atomic E-state index is 13.0. The van der Waals surface area contributed by atoms with E-state index in [9.17, 15) is 24.9 Å². The minimum Gasteiger partial charge on any atom is -0.507 e. The molecule has 6 nitrogen and oxygen atoms in total. The van der Waals surface area contributed by atoms with E-state index < -0.39 is 23.3 Å². The number of hydrogen-bond donors (Lipinski definition) is 3. The zero-order chi connectivity index (χ0) is 22.9. The van der Waals surface area contributed by atoms with Gasteiger partial charge in [-0.05, 0) is 18.4 Å². The summed E-state index contributed by atoms with van der Waals surface area (Å²) in [6, 6.07) is 10.1. The summed E-state index contributed by atoms with van der Waals surface area (Å²) in [4.78, 5) is 25.4. The van der Waals surface area contributed by atoms with E-state index >= 15 is 0 Å². The molecule has 6 heteroatoms. The third-order valence-corrected chi connectivity index (χ3v) is 5.16. The molecule has 3 rings (SSSR count). The van der Waals surface area contributed by atoms with Crippen LogP contribution in [0.4, 0.5) is 0 Å². The van der Waals surface area contributed by atoms with Crippen molar-refractivity contribution < 1.29 is 24.5 Å². The lowest BCUT2D eigenvalue weighted by atomic mass is 9.90. The monoisotopic (exact) mass is 422 g/mol. The summed E-state index contributed by atoms with van der Waals surface area (Å²) >= 11 is 0. The Morgan fingerprint density at radius 1 is 1.13 bits per heavy atom. The van der Waals surface area contributed by atoms with Crippen LogP contribution in [-0.2, 0) is 6.42 Å². The number of hydrogen-bond acceptors (Lipinski definition) is 6. The highest BCUT2D eigenvalue weighted by Crippen LogP contribution is 2.44. The predicted molar refractivity (Wildman–Crippen MR) is 120 cm³/mol. The molecule has 0 aliphatic rings. The van der Waals surface area contributed by atoms with E-state index in [0.29, 0.717) is 16.7 Å². The summed E-state index contributed by atoms with van der Waals surface area (Å²) in [6.07, 6.45) is -1.09. The molecule has 3 aromatic rings. The lowest BCUT2D eigenvalue weighted by Crippen LogP contribution is -2.14. The number of phenols is 2. The second-order valence-corrected chi connectivity index (χ2v) is 8.19. The van der Waals surface area contributed by atoms with Crippen molar-refractivity contribution in [2.75, 3.05) is 0 Å². The molecule has 0 aliphatic heterocycles. The van der Waals surface area contributed by atoms with E-state index in [4.69, 9.17) is 4.42 Å². The summed E-state index contributed by atoms with van der Waals surface area (Å²) in [7, 11) is 0. The van der Waals surface area contributed by atoms with Gasteiger partial charge < -0.3 is 19.7 Å². The van der Waals surface area contributed by atoms with Gasteiger partial charge in [-0.3, -0.25) is 4.79 Å². The molecular weight excluding hydrogens is 396 g/mol. The van der Waals surface area contributed by atoms with Gasteiger partial charge >= 0.3 is 5.63 Å². The molecule has 1 aromatic heterocycles. The molecule has 31 heavy (non-hydrogen) atoms. The van der Waals surface area contributed by atoms with Gasteiger partial charge in [-0.2, -0.15) is 0 Å². The third kappa shape index (κ3) is 4.39. The van der Waals surface area contributed by atoms with Gasteiger partial charge in [0.1, 0.15) is 17.1 Å². The summed E-state index contributed by atoms with van der Waals surface area (Å²) in [5, 5.41) is 32.5. The lowest BCUT2D eigenvalue weighted by molar-refractivity contribution is 0.0965. The van der Waals surface area contributed by atoms with Crippen molar-refractivity contribution in [1.29, 1.82) is 0 Å². The Morgan fingerprint density at radius 2 is 1.77 bits per heavy atom. The number of aromatic hydroxyl groups is 2. The van der Waals surface area contributed by atoms with Crippen molar-refractivity contribution >= 4 is 16.8 Å². The number of rotatable bonds is 7. The number of aliphatic hydroxyl groups is 1. The smallest absolute Gasteiger partial charge is 0.336 e. The molecule has 3 N–H and O–H groups in total. The van der Waals surface area contributed by atoms with Crippen LogP contribution in [0.25, 0.3) is 22.1 Å². The molecule has 1 atom stereocenters. The SMILES string of the molecule is C=C(C)C(O)Cc1c(O)c(C(=O)CC(C)C)c2oc(=O)cc(-c3ccccc3)c2c1O. The topological polar surface area (TPSA) is 108 Å². The molecule has 1 heterocycles. The van der Waals surface area contributed by atoms with Crippen LogP contribution in [-0.4, -0.2) is 27.2 Å². The number of carbonyl (C=O) groups excluding carboxylic acids is 1. The Labute approximate surface area is 180 Å². The first kappa shape index (κ1) is 22.3. The maximum atomic E-state index is 13.0. The highest BCUT2D eigenvalue weighted by atomic mass is 16.4. The highest BCUT2D eigenvalue weighted by molar-refractivity contribution is 6.13. The summed E-state index contributed by atoms with van der Waals surface area (Å²) < 4.78 is 5.35. The number of Topliss-reactive ketones (excluding diaryl/α,β-unsaturated/α-hetero) is 1. The molecule has 0 radical (unpaired) electrons. The zero-order valence-electron chi connectivity index (χ0n) is 17.8. The van der Waals surface area contributed by atoms with Crippen LogP contribution in [0.5, 0.6) is 11.5 Å². The third-order valence-electron chi connectivity index (χ3n) is 5.16. The largest absolute Gasteiger partial charge is 0.507 e. The fourth-order valence-corrected chi connectivity index (χ4v) is 3.56. The minimum absolute atomic E-state index is 0.00105. The van der Waals surface area contributed by atoms with Crippen LogP contribution in [0.1, 0.15) is 43.1 Å². The van der Waals surface area contributed by atoms with E-state index in [2.05, 4.69) is 6.58 Å². The minimum atomic E-state index is -1.04. The molecule has 0 saturated carbocycles. The van der Waals surface area contributed by atoms with Crippen molar-refractivity contribution in [1.82, 2.24) is 0 Å². The number of benzene rings is 2. The Bertz CT molecular complexity index is 1200. The van der Waals surface area contributed by atoms with Crippen LogP contribution >= 0.6 is 0 Å². The Balaban J connectivity index is 2.45. The fraction of sp³-hybridized carbons (Fsp3) is 0.280. The fourth-order valence-electron chi connectivity index (χ4n) is 3.56.